The van der Waals surface area contributed by atoms with Gasteiger partial charge in [0.15, 0.2) is 0 Å². The molecule has 0 fully saturated rings. The molecule has 1 nitrogen and oxygen atoms in total. The lowest BCUT2D eigenvalue weighted by Gasteiger charge is -2.32. The molecule has 0 saturated carbocycles. The third kappa shape index (κ3) is 3.02. The number of hydrogen-bond donors (Lipinski definition) is 0. The number of halogens is 9. The molecule has 0 aromatic heterocycles. The van der Waals surface area contributed by atoms with Crippen molar-refractivity contribution in [2.45, 2.75) is 28.8 Å². The van der Waals surface area contributed by atoms with Gasteiger partial charge in [0.25, 0.3) is 0 Å². The molecule has 0 amide bonds. The van der Waals surface area contributed by atoms with Crippen molar-refractivity contribution in [2.24, 2.45) is 0 Å². The quantitative estimate of drug-likeness (QED) is 0.410. The van der Waals surface area contributed by atoms with Crippen LogP contribution in [0.25, 0.3) is 0 Å². The average Bonchev–Trinajstić information content (AvgIpc) is 2.44. The third-order valence-corrected chi connectivity index (χ3v) is 3.58. The molecular formula is C12H7F9OS. The molecule has 0 aliphatic rings. The van der Waals surface area contributed by atoms with E-state index in [1.54, 1.807) is 0 Å². The second-order valence-electron chi connectivity index (χ2n) is 4.25. The summed E-state index contributed by atoms with van der Waals surface area (Å²) in [7, 11) is 0. The summed E-state index contributed by atoms with van der Waals surface area (Å²) in [5, 5.41) is 0. The van der Waals surface area contributed by atoms with Gasteiger partial charge in [-0.15, -0.1) is 11.8 Å². The van der Waals surface area contributed by atoms with Crippen LogP contribution in [0.15, 0.2) is 29.2 Å². The Balaban J connectivity index is 3.42. The zero-order valence-electron chi connectivity index (χ0n) is 11.0. The van der Waals surface area contributed by atoms with E-state index in [1.165, 1.54) is 12.3 Å². The van der Waals surface area contributed by atoms with Crippen molar-refractivity contribution in [3.63, 3.8) is 0 Å². The van der Waals surface area contributed by atoms with Gasteiger partial charge in [0.2, 0.25) is 5.78 Å². The topological polar surface area (TPSA) is 17.1 Å². The maximum absolute atomic E-state index is 13.5. The summed E-state index contributed by atoms with van der Waals surface area (Å²) < 4.78 is 115. The number of thioether (sulfide) groups is 1. The largest absolute Gasteiger partial charge is 0.460 e. The summed E-state index contributed by atoms with van der Waals surface area (Å²) >= 11 is 0.655. The molecule has 0 spiro atoms. The number of rotatable bonds is 5. The molecule has 0 N–H and O–H groups in total. The van der Waals surface area contributed by atoms with Crippen molar-refractivity contribution >= 4 is 17.5 Å². The summed E-state index contributed by atoms with van der Waals surface area (Å²) in [6.45, 7) is 0. The van der Waals surface area contributed by atoms with E-state index in [4.69, 9.17) is 0 Å². The van der Waals surface area contributed by atoms with Gasteiger partial charge in [0.05, 0.1) is 0 Å². The van der Waals surface area contributed by atoms with Crippen LogP contribution in [0.3, 0.4) is 0 Å². The molecule has 0 aliphatic carbocycles. The van der Waals surface area contributed by atoms with Crippen LogP contribution in [0.5, 0.6) is 0 Å². The Labute approximate surface area is 127 Å². The molecule has 130 valence electrons. The first-order valence-corrected chi connectivity index (χ1v) is 6.82. The summed E-state index contributed by atoms with van der Waals surface area (Å²) in [4.78, 5) is 11.2. The Morgan fingerprint density at radius 2 is 1.35 bits per heavy atom. The number of Topliss-reactive ketones (excluding diaryl/α,β-unsaturated/α-hetero) is 1. The van der Waals surface area contributed by atoms with E-state index in [0.717, 1.165) is 12.1 Å². The lowest BCUT2D eigenvalue weighted by atomic mass is 9.96. The Kier molecular flexibility index (Phi) is 5.05. The number of benzene rings is 1. The fraction of sp³-hybridized carbons (Fsp3) is 0.417. The fourth-order valence-electron chi connectivity index (χ4n) is 1.52. The lowest BCUT2D eigenvalue weighted by Crippen LogP contribution is -2.63. The minimum Gasteiger partial charge on any atom is -0.287 e. The second-order valence-corrected chi connectivity index (χ2v) is 5.10. The van der Waals surface area contributed by atoms with Crippen LogP contribution in [-0.4, -0.2) is 36.0 Å². The van der Waals surface area contributed by atoms with Crippen LogP contribution in [-0.2, 0) is 0 Å². The van der Waals surface area contributed by atoms with E-state index in [-0.39, 0.29) is 4.90 Å². The Bertz CT molecular complexity index is 594. The van der Waals surface area contributed by atoms with E-state index in [0.29, 0.717) is 17.8 Å². The highest BCUT2D eigenvalue weighted by Gasteiger charge is 2.83. The predicted octanol–water partition coefficient (Wildman–Crippen LogP) is 5.06. The molecular weight excluding hydrogens is 363 g/mol. The zero-order chi connectivity index (χ0) is 18.3. The minimum atomic E-state index is -7.09. The molecule has 0 aliphatic heterocycles. The van der Waals surface area contributed by atoms with Crippen molar-refractivity contribution in [3.8, 4) is 0 Å². The Hall–Kier alpha value is -1.39. The van der Waals surface area contributed by atoms with Crippen LogP contribution < -0.4 is 0 Å². The highest BCUT2D eigenvalue weighted by molar-refractivity contribution is 7.98. The van der Waals surface area contributed by atoms with Crippen molar-refractivity contribution in [3.05, 3.63) is 29.8 Å². The summed E-state index contributed by atoms with van der Waals surface area (Å²) in [5.41, 5.74) is -1.08. The summed E-state index contributed by atoms with van der Waals surface area (Å²) in [5.74, 6) is -23.1. The Morgan fingerprint density at radius 1 is 0.870 bits per heavy atom. The fourth-order valence-corrected chi connectivity index (χ4v) is 2.11. The number of alkyl halides is 9. The van der Waals surface area contributed by atoms with Crippen LogP contribution in [0, 0.1) is 0 Å². The predicted molar refractivity (Wildman–Crippen MR) is 63.4 cm³/mol. The second kappa shape index (κ2) is 5.91. The standard InChI is InChI=1S/C12H7F9OS/c1-23-7-5-3-2-4-6(7)8(22)9(13,14)10(15,16)11(17,18)12(19,20)21/h2-5H,1H3. The van der Waals surface area contributed by atoms with Gasteiger partial charge in [-0.1, -0.05) is 18.2 Å². The molecule has 0 unspecified atom stereocenters. The third-order valence-electron chi connectivity index (χ3n) is 2.78. The van der Waals surface area contributed by atoms with E-state index in [2.05, 4.69) is 0 Å². The van der Waals surface area contributed by atoms with Crippen molar-refractivity contribution < 1.29 is 44.3 Å². The molecule has 0 radical (unpaired) electrons. The normalized spacial score (nSPS) is 14.0. The molecule has 0 heterocycles. The number of carbonyl (C=O) groups excluding carboxylic acids is 1. The lowest BCUT2D eigenvalue weighted by molar-refractivity contribution is -0.386. The monoisotopic (exact) mass is 370 g/mol. The molecule has 1 aromatic rings. The molecule has 0 atom stereocenters. The molecule has 11 heteroatoms. The van der Waals surface area contributed by atoms with Crippen LogP contribution in [0.2, 0.25) is 0 Å². The highest BCUT2D eigenvalue weighted by Crippen LogP contribution is 2.54. The minimum absolute atomic E-state index is 0.275. The van der Waals surface area contributed by atoms with Crippen molar-refractivity contribution in [1.29, 1.82) is 0 Å². The van der Waals surface area contributed by atoms with Gasteiger partial charge in [-0.25, -0.2) is 0 Å². The molecule has 0 bridgehead atoms. The van der Waals surface area contributed by atoms with E-state index in [9.17, 15) is 44.3 Å². The molecule has 0 saturated heterocycles. The average molecular weight is 370 g/mol. The molecule has 23 heavy (non-hydrogen) atoms. The number of hydrogen-bond acceptors (Lipinski definition) is 2. The van der Waals surface area contributed by atoms with Crippen LogP contribution in [0.4, 0.5) is 39.5 Å². The van der Waals surface area contributed by atoms with Gasteiger partial charge in [-0.3, -0.25) is 4.79 Å². The van der Waals surface area contributed by atoms with E-state index >= 15 is 0 Å². The SMILES string of the molecule is CSc1ccccc1C(=O)C(F)(F)C(F)(F)C(F)(F)C(F)(F)F. The van der Waals surface area contributed by atoms with Gasteiger partial charge in [0, 0.05) is 10.5 Å². The van der Waals surface area contributed by atoms with Gasteiger partial charge < -0.3 is 0 Å². The van der Waals surface area contributed by atoms with Gasteiger partial charge in [-0.2, -0.15) is 39.5 Å². The summed E-state index contributed by atoms with van der Waals surface area (Å²) in [6, 6.07) is 3.89. The van der Waals surface area contributed by atoms with Crippen molar-refractivity contribution in [2.75, 3.05) is 6.26 Å². The van der Waals surface area contributed by atoms with Gasteiger partial charge in [-0.05, 0) is 12.3 Å². The molecule has 1 aromatic carbocycles. The van der Waals surface area contributed by atoms with Crippen LogP contribution >= 0.6 is 11.8 Å². The summed E-state index contributed by atoms with van der Waals surface area (Å²) in [6.07, 6.45) is -5.69. The first-order valence-electron chi connectivity index (χ1n) is 5.59. The number of ketones is 1. The maximum atomic E-state index is 13.5. The van der Waals surface area contributed by atoms with Crippen molar-refractivity contribution in [1.82, 2.24) is 0 Å². The highest BCUT2D eigenvalue weighted by atomic mass is 32.2. The molecule has 1 rings (SSSR count). The Morgan fingerprint density at radius 3 is 1.78 bits per heavy atom. The van der Waals surface area contributed by atoms with Gasteiger partial charge >= 0.3 is 23.9 Å². The van der Waals surface area contributed by atoms with E-state index < -0.39 is 35.3 Å². The smallest absolute Gasteiger partial charge is 0.287 e. The first-order chi connectivity index (χ1) is 10.2. The number of carbonyl (C=O) groups is 1. The van der Waals surface area contributed by atoms with E-state index in [1.807, 2.05) is 0 Å². The first kappa shape index (κ1) is 19.7. The van der Waals surface area contributed by atoms with Crippen LogP contribution in [0.1, 0.15) is 10.4 Å². The maximum Gasteiger partial charge on any atom is 0.460 e. The zero-order valence-corrected chi connectivity index (χ0v) is 11.8. The van der Waals surface area contributed by atoms with Gasteiger partial charge in [0.1, 0.15) is 0 Å².